The van der Waals surface area contributed by atoms with Gasteiger partial charge in [0.2, 0.25) is 0 Å². The van der Waals surface area contributed by atoms with Crippen LogP contribution in [0.5, 0.6) is 0 Å². The smallest absolute Gasteiger partial charge is 0.0991 e. The molecule has 294 valence electrons. The van der Waals surface area contributed by atoms with Gasteiger partial charge in [-0.05, 0) is 130 Å². The van der Waals surface area contributed by atoms with Crippen LogP contribution in [0.1, 0.15) is 30.5 Å². The molecule has 0 bridgehead atoms. The highest BCUT2D eigenvalue weighted by molar-refractivity contribution is 8.15. The number of thioether (sulfide) groups is 1. The van der Waals surface area contributed by atoms with E-state index in [2.05, 4.69) is 226 Å². The summed E-state index contributed by atoms with van der Waals surface area (Å²) in [5.74, 6) is 0. The molecule has 2 unspecified atom stereocenters. The van der Waals surface area contributed by atoms with Crippen LogP contribution in [0, 0.1) is 0 Å². The van der Waals surface area contributed by atoms with Crippen molar-refractivity contribution in [3.8, 4) is 66.8 Å². The van der Waals surface area contributed by atoms with Crippen LogP contribution in [0.25, 0.3) is 88.3 Å². The second-order valence-electron chi connectivity index (χ2n) is 17.4. The molecule has 0 aromatic heterocycles. The van der Waals surface area contributed by atoms with Gasteiger partial charge in [0, 0.05) is 11.0 Å². The lowest BCUT2D eigenvalue weighted by atomic mass is 9.79. The van der Waals surface area contributed by atoms with Crippen molar-refractivity contribution in [2.75, 3.05) is 0 Å². The molecule has 9 aromatic carbocycles. The number of fused-ring (bicyclic) bond motifs is 6. The summed E-state index contributed by atoms with van der Waals surface area (Å²) in [7, 11) is 0. The minimum absolute atomic E-state index is 0.219. The lowest BCUT2D eigenvalue weighted by molar-refractivity contribution is 0.661. The van der Waals surface area contributed by atoms with E-state index >= 15 is 0 Å². The normalized spacial score (nSPS) is 16.9. The van der Waals surface area contributed by atoms with Crippen LogP contribution in [0.3, 0.4) is 0 Å². The van der Waals surface area contributed by atoms with E-state index in [9.17, 15) is 0 Å². The highest BCUT2D eigenvalue weighted by atomic mass is 32.2. The van der Waals surface area contributed by atoms with Gasteiger partial charge in [0.05, 0.1) is 16.3 Å². The zero-order valence-electron chi connectivity index (χ0n) is 34.7. The quantitative estimate of drug-likeness (QED) is 0.152. The molecule has 1 nitrogen and oxygen atoms in total. The molecule has 0 fully saturated rings. The molecule has 0 radical (unpaired) electrons. The second-order valence-corrected chi connectivity index (χ2v) is 18.5. The highest BCUT2D eigenvalue weighted by Crippen LogP contribution is 2.54. The minimum Gasteiger partial charge on any atom is -0.269 e. The number of aliphatic imine (C=N–C) groups is 1. The Kier molecular flexibility index (Phi) is 8.66. The van der Waals surface area contributed by atoms with Gasteiger partial charge in [-0.2, -0.15) is 0 Å². The fraction of sp³-hybridized carbons (Fsp3) is 0.0833. The van der Waals surface area contributed by atoms with E-state index < -0.39 is 0 Å². The first-order valence-corrected chi connectivity index (χ1v) is 22.6. The van der Waals surface area contributed by atoms with E-state index in [1.807, 2.05) is 11.8 Å². The standard InChI is InChI=1S/C60H43NS/c1-60(2)53-35-44(40-27-29-41(30-28-40)59-61-55-25-11-12-26-56(55)62-59)31-32-47(53)50-36-51-52(37-54(50)60)58(46-22-14-20-43(34-46)39-17-7-4-8-18-39)49-24-10-9-23-48(49)57(51)45-21-13-19-42(33-45)38-15-5-3-6-16-38/h3-37,55-56H,1-2H3. The average Bonchev–Trinajstić information content (AvgIpc) is 3.86. The fourth-order valence-electron chi connectivity index (χ4n) is 10.2. The largest absolute Gasteiger partial charge is 0.269 e. The lowest BCUT2D eigenvalue weighted by Crippen LogP contribution is -2.15. The summed E-state index contributed by atoms with van der Waals surface area (Å²) in [5, 5.41) is 6.60. The Labute approximate surface area is 367 Å². The van der Waals surface area contributed by atoms with Gasteiger partial charge >= 0.3 is 0 Å². The number of hydrogen-bond donors (Lipinski definition) is 0. The van der Waals surface area contributed by atoms with Gasteiger partial charge in [0.1, 0.15) is 0 Å². The third-order valence-corrected chi connectivity index (χ3v) is 14.6. The summed E-state index contributed by atoms with van der Waals surface area (Å²) in [5.41, 5.74) is 18.7. The van der Waals surface area contributed by atoms with Crippen molar-refractivity contribution in [2.45, 2.75) is 30.6 Å². The first kappa shape index (κ1) is 36.8. The van der Waals surface area contributed by atoms with E-state index in [4.69, 9.17) is 4.99 Å². The molecule has 12 rings (SSSR count). The molecule has 2 atom stereocenters. The Balaban J connectivity index is 1.05. The third kappa shape index (κ3) is 6.04. The Morgan fingerprint density at radius 2 is 0.871 bits per heavy atom. The predicted molar refractivity (Wildman–Crippen MR) is 266 cm³/mol. The maximum atomic E-state index is 5.04. The Morgan fingerprint density at radius 1 is 0.387 bits per heavy atom. The molecule has 9 aromatic rings. The number of hydrogen-bond acceptors (Lipinski definition) is 2. The zero-order valence-corrected chi connectivity index (χ0v) is 35.5. The predicted octanol–water partition coefficient (Wildman–Crippen LogP) is 16.0. The molecule has 0 N–H and O–H groups in total. The molecule has 62 heavy (non-hydrogen) atoms. The zero-order chi connectivity index (χ0) is 41.4. The van der Waals surface area contributed by atoms with Crippen molar-refractivity contribution in [3.05, 3.63) is 229 Å². The SMILES string of the molecule is CC1(C)c2cc(-c3ccc(C4=NC5C=CC=CC5S4)cc3)ccc2-c2cc3c(-c4cccc(-c5ccccc5)c4)c4ccccc4c(-c4cccc(-c5ccccc5)c4)c3cc21. The Hall–Kier alpha value is -7.00. The first-order chi connectivity index (χ1) is 30.5. The first-order valence-electron chi connectivity index (χ1n) is 21.7. The van der Waals surface area contributed by atoms with Crippen molar-refractivity contribution < 1.29 is 0 Å². The summed E-state index contributed by atoms with van der Waals surface area (Å²) < 4.78 is 0. The Bertz CT molecular complexity index is 3330. The average molecular weight is 810 g/mol. The molecule has 2 heteroatoms. The molecule has 0 saturated heterocycles. The summed E-state index contributed by atoms with van der Waals surface area (Å²) in [6.07, 6.45) is 8.73. The molecule has 0 amide bonds. The van der Waals surface area contributed by atoms with E-state index in [-0.39, 0.29) is 11.5 Å². The molecule has 2 aliphatic carbocycles. The maximum Gasteiger partial charge on any atom is 0.0991 e. The van der Waals surface area contributed by atoms with Crippen molar-refractivity contribution in [3.63, 3.8) is 0 Å². The van der Waals surface area contributed by atoms with E-state index in [1.54, 1.807) is 0 Å². The van der Waals surface area contributed by atoms with Gasteiger partial charge in [-0.3, -0.25) is 4.99 Å². The van der Waals surface area contributed by atoms with Gasteiger partial charge in [-0.15, -0.1) is 0 Å². The topological polar surface area (TPSA) is 12.4 Å². The van der Waals surface area contributed by atoms with E-state index in [0.29, 0.717) is 5.25 Å². The van der Waals surface area contributed by atoms with Crippen molar-refractivity contribution in [2.24, 2.45) is 4.99 Å². The number of rotatable bonds is 6. The van der Waals surface area contributed by atoms with Gasteiger partial charge in [0.15, 0.2) is 0 Å². The summed E-state index contributed by atoms with van der Waals surface area (Å²) in [6, 6.07) is 70.3. The number of benzene rings is 9. The Morgan fingerprint density at radius 3 is 1.50 bits per heavy atom. The van der Waals surface area contributed by atoms with Crippen LogP contribution >= 0.6 is 11.8 Å². The van der Waals surface area contributed by atoms with Gasteiger partial charge in [-0.25, -0.2) is 0 Å². The lowest BCUT2D eigenvalue weighted by Gasteiger charge is -2.24. The van der Waals surface area contributed by atoms with Gasteiger partial charge in [0.25, 0.3) is 0 Å². The van der Waals surface area contributed by atoms with Gasteiger partial charge in [-0.1, -0.05) is 208 Å². The maximum absolute atomic E-state index is 5.04. The molecule has 1 heterocycles. The van der Waals surface area contributed by atoms with Gasteiger partial charge < -0.3 is 0 Å². The van der Waals surface area contributed by atoms with E-state index in [0.717, 1.165) is 5.04 Å². The monoisotopic (exact) mass is 809 g/mol. The summed E-state index contributed by atoms with van der Waals surface area (Å²) in [6.45, 7) is 4.82. The number of nitrogens with zero attached hydrogens (tertiary/aromatic N) is 1. The summed E-state index contributed by atoms with van der Waals surface area (Å²) in [4.78, 5) is 5.04. The van der Waals surface area contributed by atoms with Crippen LogP contribution in [0.15, 0.2) is 217 Å². The molecule has 0 saturated carbocycles. The molecular formula is C60H43NS. The highest BCUT2D eigenvalue weighted by Gasteiger charge is 2.37. The second kappa shape index (κ2) is 14.6. The minimum atomic E-state index is -0.219. The molecular weight excluding hydrogens is 767 g/mol. The van der Waals surface area contributed by atoms with Crippen LogP contribution in [0.2, 0.25) is 0 Å². The third-order valence-electron chi connectivity index (χ3n) is 13.4. The summed E-state index contributed by atoms with van der Waals surface area (Å²) >= 11 is 1.87. The van der Waals surface area contributed by atoms with Crippen LogP contribution < -0.4 is 0 Å². The fourth-order valence-corrected chi connectivity index (χ4v) is 11.4. The van der Waals surface area contributed by atoms with Crippen LogP contribution in [-0.2, 0) is 5.41 Å². The molecule has 3 aliphatic rings. The molecule has 0 spiro atoms. The van der Waals surface area contributed by atoms with Crippen molar-refractivity contribution in [1.82, 2.24) is 0 Å². The molecule has 1 aliphatic heterocycles. The van der Waals surface area contributed by atoms with Crippen molar-refractivity contribution in [1.29, 1.82) is 0 Å². The van der Waals surface area contributed by atoms with E-state index in [1.165, 1.54) is 105 Å². The van der Waals surface area contributed by atoms with Crippen LogP contribution in [-0.4, -0.2) is 16.3 Å². The van der Waals surface area contributed by atoms with Crippen molar-refractivity contribution >= 4 is 38.4 Å². The van der Waals surface area contributed by atoms with Crippen LogP contribution in [0.4, 0.5) is 0 Å². The number of allylic oxidation sites excluding steroid dienone is 2.